The summed E-state index contributed by atoms with van der Waals surface area (Å²) < 4.78 is 9.58. The van der Waals surface area contributed by atoms with Crippen LogP contribution in [0.4, 0.5) is 0 Å². The minimum Gasteiger partial charge on any atom is -0.449 e. The third kappa shape index (κ3) is 1.55. The Kier molecular flexibility index (Phi) is 2.52. The molecule has 0 aliphatic carbocycles. The van der Waals surface area contributed by atoms with Gasteiger partial charge in [0.25, 0.3) is 5.56 Å². The molecule has 1 N–H and O–H groups in total. The Balaban J connectivity index is 2.39. The maximum atomic E-state index is 12.7. The van der Waals surface area contributed by atoms with Crippen molar-refractivity contribution in [3.63, 3.8) is 0 Å². The fraction of sp³-hybridized carbons (Fsp3) is 0.214. The third-order valence-electron chi connectivity index (χ3n) is 3.58. The molecule has 0 fully saturated rings. The average Bonchev–Trinajstić information content (AvgIpc) is 3.04. The molecule has 0 aliphatic heterocycles. The lowest BCUT2D eigenvalue weighted by atomic mass is 10.2. The van der Waals surface area contributed by atoms with Crippen molar-refractivity contribution >= 4 is 40.1 Å². The molecular formula is C14H12N4O2S. The van der Waals surface area contributed by atoms with Crippen LogP contribution in [-0.2, 0) is 6.54 Å². The van der Waals surface area contributed by atoms with E-state index in [9.17, 15) is 4.79 Å². The fourth-order valence-electron chi connectivity index (χ4n) is 2.71. The van der Waals surface area contributed by atoms with Crippen LogP contribution in [0.25, 0.3) is 27.8 Å². The van der Waals surface area contributed by atoms with Crippen LogP contribution in [0.5, 0.6) is 0 Å². The number of benzene rings is 1. The smallest absolute Gasteiger partial charge is 0.298 e. The maximum Gasteiger partial charge on any atom is 0.298 e. The second-order valence-electron chi connectivity index (χ2n) is 4.90. The Morgan fingerprint density at radius 2 is 2.19 bits per heavy atom. The molecule has 0 radical (unpaired) electrons. The van der Waals surface area contributed by atoms with Gasteiger partial charge in [0, 0.05) is 11.9 Å². The van der Waals surface area contributed by atoms with Crippen molar-refractivity contribution in [2.45, 2.75) is 19.9 Å². The van der Waals surface area contributed by atoms with Crippen LogP contribution in [0.15, 0.2) is 33.5 Å². The summed E-state index contributed by atoms with van der Waals surface area (Å²) in [6, 6.07) is 7.54. The number of hydrogen-bond acceptors (Lipinski definition) is 4. The summed E-state index contributed by atoms with van der Waals surface area (Å²) in [7, 11) is 0. The van der Waals surface area contributed by atoms with Gasteiger partial charge in [-0.05, 0) is 30.8 Å². The number of hydrogen-bond donors (Lipinski definition) is 1. The van der Waals surface area contributed by atoms with Crippen LogP contribution in [-0.4, -0.2) is 19.2 Å². The maximum absolute atomic E-state index is 12.7. The predicted octanol–water partition coefficient (Wildman–Crippen LogP) is 2.86. The fourth-order valence-corrected chi connectivity index (χ4v) is 2.93. The van der Waals surface area contributed by atoms with Gasteiger partial charge in [0.2, 0.25) is 16.1 Å². The zero-order valence-electron chi connectivity index (χ0n) is 11.3. The normalized spacial score (nSPS) is 11.9. The summed E-state index contributed by atoms with van der Waals surface area (Å²) in [6.07, 6.45) is 0.820. The van der Waals surface area contributed by atoms with E-state index in [1.807, 2.05) is 31.2 Å². The van der Waals surface area contributed by atoms with Crippen molar-refractivity contribution in [2.24, 2.45) is 0 Å². The highest BCUT2D eigenvalue weighted by Crippen LogP contribution is 2.27. The molecular weight excluding hydrogens is 288 g/mol. The molecule has 3 aromatic heterocycles. The van der Waals surface area contributed by atoms with Gasteiger partial charge < -0.3 is 4.42 Å². The van der Waals surface area contributed by atoms with E-state index in [2.05, 4.69) is 10.2 Å². The monoisotopic (exact) mass is 300 g/mol. The molecule has 0 unspecified atom stereocenters. The first-order chi connectivity index (χ1) is 10.2. The Labute approximate surface area is 123 Å². The number of fused-ring (bicyclic) bond motifs is 5. The van der Waals surface area contributed by atoms with Gasteiger partial charge in [-0.25, -0.2) is 9.50 Å². The van der Waals surface area contributed by atoms with Gasteiger partial charge in [0.05, 0.1) is 0 Å². The zero-order valence-corrected chi connectivity index (χ0v) is 12.1. The molecule has 6 nitrogen and oxygen atoms in total. The first-order valence-electron chi connectivity index (χ1n) is 6.73. The van der Waals surface area contributed by atoms with Crippen LogP contribution < -0.4 is 5.56 Å². The van der Waals surface area contributed by atoms with Gasteiger partial charge in [-0.2, -0.15) is 0 Å². The Morgan fingerprint density at radius 3 is 3.00 bits per heavy atom. The van der Waals surface area contributed by atoms with Crippen molar-refractivity contribution in [1.82, 2.24) is 19.2 Å². The Hall–Kier alpha value is -2.41. The molecule has 7 heteroatoms. The predicted molar refractivity (Wildman–Crippen MR) is 82.2 cm³/mol. The number of aromatic amines is 1. The number of nitrogens with zero attached hydrogens (tertiary/aromatic N) is 3. The second-order valence-corrected chi connectivity index (χ2v) is 5.28. The number of furan rings is 1. The van der Waals surface area contributed by atoms with Crippen molar-refractivity contribution in [1.29, 1.82) is 0 Å². The molecule has 0 spiro atoms. The standard InChI is InChI=1S/C14H12N4O2S/c1-2-7-17-12(19)11-10(18-13(17)15-16-14(18)21)8-5-3-4-6-9(8)20-11/h3-6H,2,7H2,1H3,(H,16,21). The molecule has 0 saturated carbocycles. The molecule has 0 saturated heterocycles. The second kappa shape index (κ2) is 4.29. The molecule has 0 bridgehead atoms. The summed E-state index contributed by atoms with van der Waals surface area (Å²) in [5.74, 6) is 0.519. The zero-order chi connectivity index (χ0) is 14.6. The summed E-state index contributed by atoms with van der Waals surface area (Å²) >= 11 is 5.32. The quantitative estimate of drug-likeness (QED) is 0.578. The van der Waals surface area contributed by atoms with E-state index in [-0.39, 0.29) is 5.56 Å². The van der Waals surface area contributed by atoms with E-state index in [1.165, 1.54) is 0 Å². The first kappa shape index (κ1) is 12.3. The SMILES string of the molecule is CCCn1c(=O)c2oc3ccccc3c2n2c(=S)[nH]nc12. The van der Waals surface area contributed by atoms with Gasteiger partial charge in [0.15, 0.2) is 0 Å². The number of H-pyrrole nitrogens is 1. The number of aryl methyl sites for hydroxylation is 1. The number of aromatic nitrogens is 4. The van der Waals surface area contributed by atoms with Crippen LogP contribution in [0.3, 0.4) is 0 Å². The average molecular weight is 300 g/mol. The molecule has 1 aromatic carbocycles. The van der Waals surface area contributed by atoms with E-state index < -0.39 is 0 Å². The van der Waals surface area contributed by atoms with Crippen molar-refractivity contribution in [2.75, 3.05) is 0 Å². The van der Waals surface area contributed by atoms with E-state index in [4.69, 9.17) is 16.6 Å². The minimum absolute atomic E-state index is 0.176. The summed E-state index contributed by atoms with van der Waals surface area (Å²) in [6.45, 7) is 2.57. The summed E-state index contributed by atoms with van der Waals surface area (Å²) in [5.41, 5.74) is 1.49. The van der Waals surface area contributed by atoms with Crippen LogP contribution in [0.1, 0.15) is 13.3 Å². The van der Waals surface area contributed by atoms with E-state index in [0.29, 0.717) is 33.8 Å². The largest absolute Gasteiger partial charge is 0.449 e. The van der Waals surface area contributed by atoms with Gasteiger partial charge in [-0.15, -0.1) is 5.10 Å². The topological polar surface area (TPSA) is 68.2 Å². The van der Waals surface area contributed by atoms with Gasteiger partial charge in [-0.1, -0.05) is 19.1 Å². The van der Waals surface area contributed by atoms with Crippen LogP contribution >= 0.6 is 12.2 Å². The van der Waals surface area contributed by atoms with Gasteiger partial charge in [-0.3, -0.25) is 9.36 Å². The third-order valence-corrected chi connectivity index (χ3v) is 3.85. The number of rotatable bonds is 2. The molecule has 0 amide bonds. The molecule has 21 heavy (non-hydrogen) atoms. The van der Waals surface area contributed by atoms with Gasteiger partial charge >= 0.3 is 0 Å². The molecule has 106 valence electrons. The molecule has 3 heterocycles. The minimum atomic E-state index is -0.176. The van der Waals surface area contributed by atoms with Crippen LogP contribution in [0.2, 0.25) is 0 Å². The summed E-state index contributed by atoms with van der Waals surface area (Å²) in [4.78, 5) is 12.7. The lowest BCUT2D eigenvalue weighted by Gasteiger charge is -2.05. The van der Waals surface area contributed by atoms with Crippen molar-refractivity contribution in [3.8, 4) is 0 Å². The van der Waals surface area contributed by atoms with E-state index >= 15 is 0 Å². The lowest BCUT2D eigenvalue weighted by Crippen LogP contribution is -2.22. The van der Waals surface area contributed by atoms with Crippen molar-refractivity contribution in [3.05, 3.63) is 39.4 Å². The highest BCUT2D eigenvalue weighted by Gasteiger charge is 2.18. The molecule has 0 aliphatic rings. The molecule has 4 aromatic rings. The lowest BCUT2D eigenvalue weighted by molar-refractivity contribution is 0.622. The highest BCUT2D eigenvalue weighted by atomic mass is 32.1. The van der Waals surface area contributed by atoms with E-state index in [1.54, 1.807) is 8.97 Å². The summed E-state index contributed by atoms with van der Waals surface area (Å²) in [5, 5.41) is 7.82. The Bertz CT molecular complexity index is 1100. The van der Waals surface area contributed by atoms with E-state index in [0.717, 1.165) is 11.8 Å². The van der Waals surface area contributed by atoms with Gasteiger partial charge in [0.1, 0.15) is 11.1 Å². The highest BCUT2D eigenvalue weighted by molar-refractivity contribution is 7.71. The Morgan fingerprint density at radius 1 is 1.38 bits per heavy atom. The molecule has 4 rings (SSSR count). The number of nitrogens with one attached hydrogen (secondary N) is 1. The van der Waals surface area contributed by atoms with Crippen molar-refractivity contribution < 1.29 is 4.42 Å². The molecule has 0 atom stereocenters. The number of para-hydroxylation sites is 1. The first-order valence-corrected chi connectivity index (χ1v) is 7.14. The van der Waals surface area contributed by atoms with Crippen LogP contribution in [0, 0.1) is 4.77 Å².